The van der Waals surface area contributed by atoms with Gasteiger partial charge >= 0.3 is 0 Å². The summed E-state index contributed by atoms with van der Waals surface area (Å²) in [5.74, 6) is -0.352. The second-order valence-electron chi connectivity index (χ2n) is 6.53. The predicted molar refractivity (Wildman–Crippen MR) is 98.9 cm³/mol. The molecule has 0 aliphatic carbocycles. The van der Waals surface area contributed by atoms with Gasteiger partial charge in [-0.3, -0.25) is 19.7 Å². The highest BCUT2D eigenvalue weighted by Gasteiger charge is 2.40. The van der Waals surface area contributed by atoms with Crippen LogP contribution in [0.25, 0.3) is 11.0 Å². The van der Waals surface area contributed by atoms with Gasteiger partial charge in [-0.25, -0.2) is 0 Å². The van der Waals surface area contributed by atoms with E-state index in [0.29, 0.717) is 16.5 Å². The third-order valence-corrected chi connectivity index (χ3v) is 4.99. The van der Waals surface area contributed by atoms with Crippen molar-refractivity contribution in [1.29, 1.82) is 0 Å². The van der Waals surface area contributed by atoms with Crippen molar-refractivity contribution in [1.82, 2.24) is 4.90 Å². The van der Waals surface area contributed by atoms with Crippen LogP contribution in [0.15, 0.2) is 51.7 Å². The normalized spacial score (nSPS) is 16.0. The number of hydrogen-bond donors (Lipinski definition) is 0. The van der Waals surface area contributed by atoms with E-state index in [4.69, 9.17) is 4.42 Å². The molecule has 27 heavy (non-hydrogen) atoms. The molecule has 0 radical (unpaired) electrons. The summed E-state index contributed by atoms with van der Waals surface area (Å²) >= 11 is 0. The summed E-state index contributed by atoms with van der Waals surface area (Å²) in [7, 11) is 1.59. The van der Waals surface area contributed by atoms with E-state index in [9.17, 15) is 19.7 Å². The Morgan fingerprint density at radius 1 is 1.15 bits per heavy atom. The Balaban J connectivity index is 1.94. The number of aryl methyl sites for hydroxylation is 1. The summed E-state index contributed by atoms with van der Waals surface area (Å²) in [6, 6.07) is 10.6. The Morgan fingerprint density at radius 3 is 2.48 bits per heavy atom. The van der Waals surface area contributed by atoms with Gasteiger partial charge in [0, 0.05) is 19.2 Å². The van der Waals surface area contributed by atoms with E-state index < -0.39 is 11.0 Å². The van der Waals surface area contributed by atoms with E-state index in [2.05, 4.69) is 0 Å². The monoisotopic (exact) mass is 364 g/mol. The highest BCUT2D eigenvalue weighted by molar-refractivity contribution is 5.98. The quantitative estimate of drug-likeness (QED) is 0.524. The lowest BCUT2D eigenvalue weighted by Gasteiger charge is -2.20. The van der Waals surface area contributed by atoms with E-state index in [1.54, 1.807) is 31.3 Å². The van der Waals surface area contributed by atoms with Crippen molar-refractivity contribution in [3.8, 4) is 0 Å². The average molecular weight is 364 g/mol. The number of nitro benzene ring substituents is 1. The van der Waals surface area contributed by atoms with Crippen LogP contribution in [0.1, 0.15) is 40.2 Å². The van der Waals surface area contributed by atoms with Gasteiger partial charge in [-0.1, -0.05) is 13.0 Å². The Labute approximate surface area is 154 Å². The first-order chi connectivity index (χ1) is 12.9. The van der Waals surface area contributed by atoms with Crippen LogP contribution >= 0.6 is 0 Å². The van der Waals surface area contributed by atoms with Crippen molar-refractivity contribution in [2.75, 3.05) is 7.05 Å². The maximum absolute atomic E-state index is 13.2. The van der Waals surface area contributed by atoms with Gasteiger partial charge < -0.3 is 9.32 Å². The molecule has 3 aromatic rings. The number of hydrogen-bond acceptors (Lipinski definition) is 5. The molecule has 0 saturated heterocycles. The van der Waals surface area contributed by atoms with E-state index in [1.807, 2.05) is 13.0 Å². The Bertz CT molecular complexity index is 1150. The third kappa shape index (κ3) is 2.51. The van der Waals surface area contributed by atoms with Gasteiger partial charge in [-0.05, 0) is 41.8 Å². The second kappa shape index (κ2) is 6.05. The highest BCUT2D eigenvalue weighted by Crippen LogP contribution is 2.37. The number of fused-ring (bicyclic) bond motifs is 2. The second-order valence-corrected chi connectivity index (χ2v) is 6.53. The number of carbonyl (C=O) groups is 1. The SMILES string of the molecule is CCc1ccc2oc3c(c(=O)c2c1)C(c1ccc([N+](=O)[O-])cc1)N(C)C3=O. The Kier molecular flexibility index (Phi) is 3.80. The number of nitrogens with zero attached hydrogens (tertiary/aromatic N) is 2. The zero-order valence-corrected chi connectivity index (χ0v) is 14.8. The van der Waals surface area contributed by atoms with Crippen molar-refractivity contribution in [2.24, 2.45) is 0 Å². The van der Waals surface area contributed by atoms with Gasteiger partial charge in [-0.2, -0.15) is 0 Å². The van der Waals surface area contributed by atoms with Crippen LogP contribution in [0.5, 0.6) is 0 Å². The van der Waals surface area contributed by atoms with Crippen molar-refractivity contribution < 1.29 is 14.1 Å². The van der Waals surface area contributed by atoms with Crippen LogP contribution in [-0.2, 0) is 6.42 Å². The van der Waals surface area contributed by atoms with E-state index in [1.165, 1.54) is 17.0 Å². The van der Waals surface area contributed by atoms with Gasteiger partial charge in [-0.15, -0.1) is 0 Å². The fourth-order valence-corrected chi connectivity index (χ4v) is 3.52. The largest absolute Gasteiger partial charge is 0.450 e. The molecule has 0 spiro atoms. The Hall–Kier alpha value is -3.48. The molecule has 0 N–H and O–H groups in total. The maximum Gasteiger partial charge on any atom is 0.290 e. The average Bonchev–Trinajstić information content (AvgIpc) is 2.93. The first-order valence-corrected chi connectivity index (χ1v) is 8.53. The number of carbonyl (C=O) groups excluding carboxylic acids is 1. The summed E-state index contributed by atoms with van der Waals surface area (Å²) in [5.41, 5.74) is 1.97. The molecule has 4 rings (SSSR count). The summed E-state index contributed by atoms with van der Waals surface area (Å²) in [5, 5.41) is 11.3. The van der Waals surface area contributed by atoms with Gasteiger partial charge in [0.15, 0.2) is 5.43 Å². The van der Waals surface area contributed by atoms with Crippen LogP contribution in [0.2, 0.25) is 0 Å². The smallest absolute Gasteiger partial charge is 0.290 e. The molecule has 7 heteroatoms. The number of non-ortho nitro benzene ring substituents is 1. The Morgan fingerprint density at radius 2 is 1.85 bits per heavy atom. The molecule has 1 unspecified atom stereocenters. The number of nitro groups is 1. The zero-order chi connectivity index (χ0) is 19.3. The molecule has 7 nitrogen and oxygen atoms in total. The molecule has 1 aliphatic rings. The van der Waals surface area contributed by atoms with Crippen molar-refractivity contribution >= 4 is 22.6 Å². The molecule has 2 aromatic carbocycles. The molecule has 0 bridgehead atoms. The fraction of sp³-hybridized carbons (Fsp3) is 0.200. The van der Waals surface area contributed by atoms with Gasteiger partial charge in [0.25, 0.3) is 11.6 Å². The minimum Gasteiger partial charge on any atom is -0.450 e. The van der Waals surface area contributed by atoms with Crippen LogP contribution in [0.3, 0.4) is 0 Å². The summed E-state index contributed by atoms with van der Waals surface area (Å²) in [6.45, 7) is 1.99. The van der Waals surface area contributed by atoms with E-state index in [-0.39, 0.29) is 28.3 Å². The zero-order valence-electron chi connectivity index (χ0n) is 14.8. The molecule has 136 valence electrons. The lowest BCUT2D eigenvalue weighted by Crippen LogP contribution is -2.25. The van der Waals surface area contributed by atoms with E-state index >= 15 is 0 Å². The fourth-order valence-electron chi connectivity index (χ4n) is 3.52. The van der Waals surface area contributed by atoms with Gasteiger partial charge in [0.05, 0.1) is 21.9 Å². The lowest BCUT2D eigenvalue weighted by atomic mass is 9.98. The molecule has 1 aliphatic heterocycles. The lowest BCUT2D eigenvalue weighted by molar-refractivity contribution is -0.384. The first-order valence-electron chi connectivity index (χ1n) is 8.53. The summed E-state index contributed by atoms with van der Waals surface area (Å²) in [4.78, 5) is 37.7. The number of benzene rings is 2. The van der Waals surface area contributed by atoms with Crippen molar-refractivity contribution in [2.45, 2.75) is 19.4 Å². The minimum absolute atomic E-state index is 0.0302. The van der Waals surface area contributed by atoms with Crippen LogP contribution in [-0.4, -0.2) is 22.8 Å². The molecule has 1 atom stereocenters. The third-order valence-electron chi connectivity index (χ3n) is 4.99. The number of rotatable bonds is 3. The minimum atomic E-state index is -0.640. The summed E-state index contributed by atoms with van der Waals surface area (Å²) < 4.78 is 5.78. The van der Waals surface area contributed by atoms with Crippen molar-refractivity contribution in [3.63, 3.8) is 0 Å². The summed E-state index contributed by atoms with van der Waals surface area (Å²) in [6.07, 6.45) is 0.775. The molecule has 1 aromatic heterocycles. The van der Waals surface area contributed by atoms with Crippen LogP contribution < -0.4 is 5.43 Å². The van der Waals surface area contributed by atoms with Gasteiger partial charge in [0.2, 0.25) is 5.76 Å². The van der Waals surface area contributed by atoms with E-state index in [0.717, 1.165) is 12.0 Å². The first kappa shape index (κ1) is 17.0. The topological polar surface area (TPSA) is 93.7 Å². The number of amides is 1. The van der Waals surface area contributed by atoms with Crippen molar-refractivity contribution in [3.05, 3.63) is 85.3 Å². The molecule has 1 amide bonds. The van der Waals surface area contributed by atoms with Gasteiger partial charge in [0.1, 0.15) is 5.58 Å². The molecular weight excluding hydrogens is 348 g/mol. The van der Waals surface area contributed by atoms with Crippen LogP contribution in [0, 0.1) is 10.1 Å². The predicted octanol–water partition coefficient (Wildman–Crippen LogP) is 3.44. The van der Waals surface area contributed by atoms with Crippen LogP contribution in [0.4, 0.5) is 5.69 Å². The highest BCUT2D eigenvalue weighted by atomic mass is 16.6. The standard InChI is InChI=1S/C20H16N2O5/c1-3-11-4-9-15-14(10-11)18(23)16-17(21(2)20(24)19(16)27-15)12-5-7-13(8-6-12)22(25)26/h4-10,17H,3H2,1-2H3. The maximum atomic E-state index is 13.2. The molecule has 0 saturated carbocycles. The molecular formula is C20H16N2O5. The molecule has 2 heterocycles. The molecule has 0 fully saturated rings.